The SMILES string of the molecule is CSc1cccc(NC(=O)Cn2ncn3nc(-c4ccc(Br)cc4)cc3c2=O)c1. The molecular formula is C20H16BrN5O2S. The van der Waals surface area contributed by atoms with Gasteiger partial charge in [0.15, 0.2) is 0 Å². The van der Waals surface area contributed by atoms with Crippen molar-refractivity contribution < 1.29 is 4.79 Å². The standard InChI is InChI=1S/C20H16BrN5O2S/c1-29-16-4-2-3-15(9-16)23-19(27)11-25-20(28)18-10-17(24-26(18)12-22-25)13-5-7-14(21)8-6-13/h2-10,12H,11H2,1H3,(H,23,27). The molecule has 2 heterocycles. The molecule has 146 valence electrons. The van der Waals surface area contributed by atoms with E-state index in [1.807, 2.05) is 48.7 Å². The zero-order valence-corrected chi connectivity index (χ0v) is 17.8. The summed E-state index contributed by atoms with van der Waals surface area (Å²) in [6.07, 6.45) is 3.40. The molecule has 0 bridgehead atoms. The van der Waals surface area contributed by atoms with Crippen molar-refractivity contribution in [3.63, 3.8) is 0 Å². The fraction of sp³-hybridized carbons (Fsp3) is 0.100. The molecule has 4 rings (SSSR count). The van der Waals surface area contributed by atoms with E-state index in [1.54, 1.807) is 23.9 Å². The average Bonchev–Trinajstić information content (AvgIpc) is 3.16. The highest BCUT2D eigenvalue weighted by molar-refractivity contribution is 9.10. The van der Waals surface area contributed by atoms with Crippen LogP contribution in [0.25, 0.3) is 16.8 Å². The number of nitrogens with zero attached hydrogens (tertiary/aromatic N) is 4. The smallest absolute Gasteiger partial charge is 0.293 e. The second kappa shape index (κ2) is 8.22. The monoisotopic (exact) mass is 469 g/mol. The molecule has 0 aliphatic carbocycles. The molecule has 1 amide bonds. The Labute approximate surface area is 178 Å². The summed E-state index contributed by atoms with van der Waals surface area (Å²) in [6, 6.07) is 16.8. The van der Waals surface area contributed by atoms with Crippen molar-refractivity contribution in [2.45, 2.75) is 11.4 Å². The molecule has 0 spiro atoms. The third kappa shape index (κ3) is 4.25. The van der Waals surface area contributed by atoms with Crippen LogP contribution >= 0.6 is 27.7 Å². The van der Waals surface area contributed by atoms with Gasteiger partial charge < -0.3 is 5.32 Å². The summed E-state index contributed by atoms with van der Waals surface area (Å²) >= 11 is 4.99. The number of nitrogens with one attached hydrogen (secondary N) is 1. The van der Waals surface area contributed by atoms with Gasteiger partial charge in [0.25, 0.3) is 5.56 Å². The minimum absolute atomic E-state index is 0.183. The first-order valence-electron chi connectivity index (χ1n) is 8.69. The maximum atomic E-state index is 12.8. The number of fused-ring (bicyclic) bond motifs is 1. The normalized spacial score (nSPS) is 11.0. The Kier molecular flexibility index (Phi) is 5.50. The molecule has 7 nitrogen and oxygen atoms in total. The van der Waals surface area contributed by atoms with Gasteiger partial charge in [-0.15, -0.1) is 11.8 Å². The first-order valence-corrected chi connectivity index (χ1v) is 10.7. The van der Waals surface area contributed by atoms with Crippen molar-refractivity contribution in [2.24, 2.45) is 0 Å². The van der Waals surface area contributed by atoms with Gasteiger partial charge in [0.1, 0.15) is 18.4 Å². The van der Waals surface area contributed by atoms with Crippen LogP contribution in [-0.2, 0) is 11.3 Å². The Bertz CT molecular complexity index is 1250. The second-order valence-electron chi connectivity index (χ2n) is 6.24. The number of carbonyl (C=O) groups excluding carboxylic acids is 1. The van der Waals surface area contributed by atoms with Crippen LogP contribution in [0, 0.1) is 0 Å². The molecular weight excluding hydrogens is 454 g/mol. The van der Waals surface area contributed by atoms with Crippen molar-refractivity contribution in [3.8, 4) is 11.3 Å². The largest absolute Gasteiger partial charge is 0.324 e. The Morgan fingerprint density at radius 2 is 1.97 bits per heavy atom. The van der Waals surface area contributed by atoms with E-state index in [2.05, 4.69) is 31.4 Å². The lowest BCUT2D eigenvalue weighted by Crippen LogP contribution is -2.30. The maximum Gasteiger partial charge on any atom is 0.293 e. The number of rotatable bonds is 5. The molecule has 0 aliphatic rings. The van der Waals surface area contributed by atoms with Gasteiger partial charge in [-0.1, -0.05) is 34.1 Å². The van der Waals surface area contributed by atoms with E-state index in [4.69, 9.17) is 0 Å². The van der Waals surface area contributed by atoms with Crippen LogP contribution < -0.4 is 10.9 Å². The van der Waals surface area contributed by atoms with Crippen LogP contribution in [0.2, 0.25) is 0 Å². The number of halogens is 1. The Hall–Kier alpha value is -2.91. The number of benzene rings is 2. The minimum atomic E-state index is -0.378. The summed E-state index contributed by atoms with van der Waals surface area (Å²) in [4.78, 5) is 26.2. The Morgan fingerprint density at radius 3 is 2.72 bits per heavy atom. The molecule has 9 heteroatoms. The highest BCUT2D eigenvalue weighted by Gasteiger charge is 2.12. The zero-order valence-electron chi connectivity index (χ0n) is 15.4. The van der Waals surface area contributed by atoms with Gasteiger partial charge in [-0.3, -0.25) is 9.59 Å². The van der Waals surface area contributed by atoms with Gasteiger partial charge in [0.2, 0.25) is 5.91 Å². The molecule has 0 saturated carbocycles. The molecule has 4 aromatic rings. The molecule has 0 atom stereocenters. The summed E-state index contributed by atoms with van der Waals surface area (Å²) in [5, 5.41) is 11.3. The van der Waals surface area contributed by atoms with E-state index >= 15 is 0 Å². The first kappa shape index (κ1) is 19.4. The molecule has 0 unspecified atom stereocenters. The lowest BCUT2D eigenvalue weighted by molar-refractivity contribution is -0.117. The third-order valence-corrected chi connectivity index (χ3v) is 5.53. The van der Waals surface area contributed by atoms with Crippen molar-refractivity contribution >= 4 is 44.8 Å². The minimum Gasteiger partial charge on any atom is -0.324 e. The van der Waals surface area contributed by atoms with Crippen LogP contribution in [-0.4, -0.2) is 31.6 Å². The summed E-state index contributed by atoms with van der Waals surface area (Å²) < 4.78 is 3.52. The molecule has 0 fully saturated rings. The van der Waals surface area contributed by atoms with E-state index in [0.717, 1.165) is 19.6 Å². The van der Waals surface area contributed by atoms with Gasteiger partial charge in [0.05, 0.1) is 5.69 Å². The highest BCUT2D eigenvalue weighted by atomic mass is 79.9. The first-order chi connectivity index (χ1) is 14.0. The van der Waals surface area contributed by atoms with Gasteiger partial charge in [-0.25, -0.2) is 9.20 Å². The maximum absolute atomic E-state index is 12.8. The fourth-order valence-electron chi connectivity index (χ4n) is 2.85. The fourth-order valence-corrected chi connectivity index (χ4v) is 3.57. The van der Waals surface area contributed by atoms with Crippen LogP contribution in [0.1, 0.15) is 0 Å². The van der Waals surface area contributed by atoms with E-state index in [1.165, 1.54) is 10.8 Å². The lowest BCUT2D eigenvalue weighted by atomic mass is 10.1. The predicted molar refractivity (Wildman–Crippen MR) is 117 cm³/mol. The summed E-state index contributed by atoms with van der Waals surface area (Å²) in [7, 11) is 0. The second-order valence-corrected chi connectivity index (χ2v) is 8.04. The van der Waals surface area contributed by atoms with E-state index < -0.39 is 0 Å². The number of amides is 1. The summed E-state index contributed by atoms with van der Waals surface area (Å²) in [5.74, 6) is -0.324. The average molecular weight is 470 g/mol. The van der Waals surface area contributed by atoms with Crippen LogP contribution in [0.15, 0.2) is 75.1 Å². The number of thioether (sulfide) groups is 1. The van der Waals surface area contributed by atoms with E-state index in [0.29, 0.717) is 16.9 Å². The van der Waals surface area contributed by atoms with E-state index in [9.17, 15) is 9.59 Å². The predicted octanol–water partition coefficient (Wildman–Crippen LogP) is 3.68. The van der Waals surface area contributed by atoms with Gasteiger partial charge >= 0.3 is 0 Å². The van der Waals surface area contributed by atoms with E-state index in [-0.39, 0.29) is 18.0 Å². The molecule has 2 aromatic heterocycles. The van der Waals surface area contributed by atoms with Crippen molar-refractivity contribution in [3.05, 3.63) is 75.8 Å². The summed E-state index contributed by atoms with van der Waals surface area (Å²) in [6.45, 7) is -0.183. The number of carbonyl (C=O) groups is 1. The molecule has 0 radical (unpaired) electrons. The molecule has 1 N–H and O–H groups in total. The summed E-state index contributed by atoms with van der Waals surface area (Å²) in [5.41, 5.74) is 2.20. The lowest BCUT2D eigenvalue weighted by Gasteiger charge is -2.07. The van der Waals surface area contributed by atoms with Gasteiger partial charge in [-0.2, -0.15) is 10.2 Å². The van der Waals surface area contributed by atoms with Gasteiger partial charge in [-0.05, 0) is 42.7 Å². The molecule has 2 aromatic carbocycles. The van der Waals surface area contributed by atoms with Crippen molar-refractivity contribution in [1.29, 1.82) is 0 Å². The van der Waals surface area contributed by atoms with Crippen LogP contribution in [0.5, 0.6) is 0 Å². The topological polar surface area (TPSA) is 81.3 Å². The third-order valence-electron chi connectivity index (χ3n) is 4.28. The number of hydrogen-bond donors (Lipinski definition) is 1. The molecule has 0 aliphatic heterocycles. The Balaban J connectivity index is 1.57. The molecule has 0 saturated heterocycles. The number of hydrogen-bond acceptors (Lipinski definition) is 5. The van der Waals surface area contributed by atoms with Crippen molar-refractivity contribution in [2.75, 3.05) is 11.6 Å². The van der Waals surface area contributed by atoms with Crippen LogP contribution in [0.3, 0.4) is 0 Å². The number of anilines is 1. The zero-order chi connectivity index (χ0) is 20.4. The van der Waals surface area contributed by atoms with Gasteiger partial charge in [0, 0.05) is 20.6 Å². The highest BCUT2D eigenvalue weighted by Crippen LogP contribution is 2.21. The quantitative estimate of drug-likeness (QED) is 0.450. The van der Waals surface area contributed by atoms with Crippen molar-refractivity contribution in [1.82, 2.24) is 19.4 Å². The van der Waals surface area contributed by atoms with Crippen LogP contribution in [0.4, 0.5) is 5.69 Å². The number of aromatic nitrogens is 4. The Morgan fingerprint density at radius 1 is 1.17 bits per heavy atom. The molecule has 29 heavy (non-hydrogen) atoms.